The fourth-order valence-electron chi connectivity index (χ4n) is 2.75. The van der Waals surface area contributed by atoms with Gasteiger partial charge in [0.25, 0.3) is 0 Å². The third-order valence-electron chi connectivity index (χ3n) is 4.78. The van der Waals surface area contributed by atoms with Gasteiger partial charge in [0.05, 0.1) is 11.6 Å². The van der Waals surface area contributed by atoms with Gasteiger partial charge in [-0.1, -0.05) is 38.4 Å². The van der Waals surface area contributed by atoms with Crippen molar-refractivity contribution >= 4 is 24.0 Å². The molecular formula is C18H29Cl2NO. The molecule has 1 atom stereocenters. The minimum Gasteiger partial charge on any atom is -0.492 e. The van der Waals surface area contributed by atoms with Gasteiger partial charge in [0, 0.05) is 0 Å². The molecule has 0 aliphatic carbocycles. The number of benzene rings is 1. The summed E-state index contributed by atoms with van der Waals surface area (Å²) in [6, 6.07) is 6.23. The lowest BCUT2D eigenvalue weighted by atomic mass is 9.82. The molecule has 1 N–H and O–H groups in total. The summed E-state index contributed by atoms with van der Waals surface area (Å²) in [6.07, 6.45) is 4.80. The van der Waals surface area contributed by atoms with Crippen molar-refractivity contribution in [3.05, 3.63) is 28.8 Å². The molecule has 126 valence electrons. The second kappa shape index (κ2) is 9.00. The van der Waals surface area contributed by atoms with Gasteiger partial charge in [-0.2, -0.15) is 0 Å². The Hall–Kier alpha value is -0.440. The molecule has 1 saturated heterocycles. The van der Waals surface area contributed by atoms with Crippen LogP contribution in [0.4, 0.5) is 0 Å². The zero-order valence-corrected chi connectivity index (χ0v) is 15.5. The topological polar surface area (TPSA) is 21.3 Å². The van der Waals surface area contributed by atoms with Crippen molar-refractivity contribution in [1.82, 2.24) is 5.32 Å². The monoisotopic (exact) mass is 345 g/mol. The van der Waals surface area contributed by atoms with Gasteiger partial charge in [0.1, 0.15) is 5.75 Å². The third-order valence-corrected chi connectivity index (χ3v) is 5.08. The Bertz CT molecular complexity index is 456. The summed E-state index contributed by atoms with van der Waals surface area (Å²) in [5.74, 6) is 1.56. The van der Waals surface area contributed by atoms with E-state index in [1.54, 1.807) is 0 Å². The molecule has 4 heteroatoms. The first-order chi connectivity index (χ1) is 10.0. The number of hydrogen-bond donors (Lipinski definition) is 1. The average Bonchev–Trinajstić information content (AvgIpc) is 2.50. The summed E-state index contributed by atoms with van der Waals surface area (Å²) in [5.41, 5.74) is 1.44. The van der Waals surface area contributed by atoms with Crippen molar-refractivity contribution in [3.8, 4) is 5.75 Å². The van der Waals surface area contributed by atoms with Crippen molar-refractivity contribution in [1.29, 1.82) is 0 Å². The molecule has 0 aromatic heterocycles. The van der Waals surface area contributed by atoms with E-state index in [0.29, 0.717) is 0 Å². The molecule has 1 unspecified atom stereocenters. The van der Waals surface area contributed by atoms with Crippen LogP contribution in [0.1, 0.15) is 52.0 Å². The molecule has 1 aliphatic rings. The summed E-state index contributed by atoms with van der Waals surface area (Å²) in [5, 5.41) is 4.18. The molecule has 1 aromatic carbocycles. The van der Waals surface area contributed by atoms with E-state index in [-0.39, 0.29) is 17.8 Å². The lowest BCUT2D eigenvalue weighted by Crippen LogP contribution is -2.30. The minimum absolute atomic E-state index is 0. The van der Waals surface area contributed by atoms with Gasteiger partial charge in [-0.15, -0.1) is 12.4 Å². The van der Waals surface area contributed by atoms with Crippen molar-refractivity contribution in [3.63, 3.8) is 0 Å². The molecular weight excluding hydrogens is 317 g/mol. The van der Waals surface area contributed by atoms with Crippen molar-refractivity contribution < 1.29 is 4.74 Å². The standard InChI is InChI=1S/C18H28ClNO.ClH/c1-4-18(2,3)15-7-8-17(16(19)12-15)21-11-9-14-6-5-10-20-13-14;/h7-8,12,14,20H,4-6,9-11,13H2,1-3H3;1H. The second-order valence-electron chi connectivity index (χ2n) is 6.73. The Morgan fingerprint density at radius 3 is 2.73 bits per heavy atom. The van der Waals surface area contributed by atoms with E-state index >= 15 is 0 Å². The van der Waals surface area contributed by atoms with Crippen LogP contribution < -0.4 is 10.1 Å². The zero-order chi connectivity index (χ0) is 15.3. The quantitative estimate of drug-likeness (QED) is 0.763. The number of piperidine rings is 1. The maximum absolute atomic E-state index is 6.38. The van der Waals surface area contributed by atoms with Gasteiger partial charge < -0.3 is 10.1 Å². The summed E-state index contributed by atoms with van der Waals surface area (Å²) >= 11 is 6.38. The average molecular weight is 346 g/mol. The predicted octanol–water partition coefficient (Wildman–Crippen LogP) is 5.22. The van der Waals surface area contributed by atoms with E-state index in [1.807, 2.05) is 6.07 Å². The Kier molecular flexibility index (Phi) is 8.02. The van der Waals surface area contributed by atoms with Crippen LogP contribution in [0, 0.1) is 5.92 Å². The van der Waals surface area contributed by atoms with Crippen molar-refractivity contribution in [2.45, 2.75) is 51.9 Å². The number of halogens is 2. The summed E-state index contributed by atoms with van der Waals surface area (Å²) in [4.78, 5) is 0. The molecule has 2 nitrogen and oxygen atoms in total. The van der Waals surface area contributed by atoms with E-state index in [9.17, 15) is 0 Å². The van der Waals surface area contributed by atoms with E-state index in [2.05, 4.69) is 38.2 Å². The molecule has 0 spiro atoms. The predicted molar refractivity (Wildman–Crippen MR) is 97.7 cm³/mol. The molecule has 22 heavy (non-hydrogen) atoms. The van der Waals surface area contributed by atoms with E-state index < -0.39 is 0 Å². The van der Waals surface area contributed by atoms with Crippen LogP contribution in [0.15, 0.2) is 18.2 Å². The van der Waals surface area contributed by atoms with Crippen LogP contribution >= 0.6 is 24.0 Å². The molecule has 1 fully saturated rings. The highest BCUT2D eigenvalue weighted by Gasteiger charge is 2.19. The Morgan fingerprint density at radius 1 is 1.36 bits per heavy atom. The molecule has 0 amide bonds. The van der Waals surface area contributed by atoms with E-state index in [4.69, 9.17) is 16.3 Å². The first kappa shape index (κ1) is 19.6. The molecule has 0 radical (unpaired) electrons. The van der Waals surface area contributed by atoms with Crippen LogP contribution in [0.25, 0.3) is 0 Å². The molecule has 0 saturated carbocycles. The Labute approximate surface area is 146 Å². The number of nitrogens with one attached hydrogen (secondary N) is 1. The normalized spacial score (nSPS) is 18.6. The summed E-state index contributed by atoms with van der Waals surface area (Å²) < 4.78 is 5.88. The van der Waals surface area contributed by atoms with Crippen LogP contribution in [0.2, 0.25) is 5.02 Å². The largest absolute Gasteiger partial charge is 0.492 e. The summed E-state index contributed by atoms with van der Waals surface area (Å²) in [6.45, 7) is 9.74. The second-order valence-corrected chi connectivity index (χ2v) is 7.14. The lowest BCUT2D eigenvalue weighted by Gasteiger charge is -2.24. The van der Waals surface area contributed by atoms with Gasteiger partial charge in [-0.05, 0) is 67.8 Å². The highest BCUT2D eigenvalue weighted by atomic mass is 35.5. The SMILES string of the molecule is CCC(C)(C)c1ccc(OCCC2CCCNC2)c(Cl)c1.Cl. The zero-order valence-electron chi connectivity index (χ0n) is 14.0. The highest BCUT2D eigenvalue weighted by Crippen LogP contribution is 2.33. The van der Waals surface area contributed by atoms with Gasteiger partial charge >= 0.3 is 0 Å². The minimum atomic E-state index is 0. The van der Waals surface area contributed by atoms with Gasteiger partial charge in [-0.3, -0.25) is 0 Å². The maximum Gasteiger partial charge on any atom is 0.137 e. The van der Waals surface area contributed by atoms with Gasteiger partial charge in [0.2, 0.25) is 0 Å². The fraction of sp³-hybridized carbons (Fsp3) is 0.667. The fourth-order valence-corrected chi connectivity index (χ4v) is 2.98. The van der Waals surface area contributed by atoms with Gasteiger partial charge in [-0.25, -0.2) is 0 Å². The number of hydrogen-bond acceptors (Lipinski definition) is 2. The number of rotatable bonds is 6. The van der Waals surface area contributed by atoms with Crippen LogP contribution in [-0.2, 0) is 5.41 Å². The van der Waals surface area contributed by atoms with E-state index in [0.717, 1.165) is 49.2 Å². The smallest absolute Gasteiger partial charge is 0.137 e. The lowest BCUT2D eigenvalue weighted by molar-refractivity contribution is 0.254. The third kappa shape index (κ3) is 5.33. The van der Waals surface area contributed by atoms with E-state index in [1.165, 1.54) is 18.4 Å². The van der Waals surface area contributed by atoms with Gasteiger partial charge in [0.15, 0.2) is 0 Å². The molecule has 1 aliphatic heterocycles. The first-order valence-corrected chi connectivity index (χ1v) is 8.54. The molecule has 2 rings (SSSR count). The molecule has 0 bridgehead atoms. The van der Waals surface area contributed by atoms with Crippen molar-refractivity contribution in [2.24, 2.45) is 5.92 Å². The van der Waals surface area contributed by atoms with Crippen LogP contribution in [-0.4, -0.2) is 19.7 Å². The molecule has 1 aromatic rings. The van der Waals surface area contributed by atoms with Crippen LogP contribution in [0.5, 0.6) is 5.75 Å². The summed E-state index contributed by atoms with van der Waals surface area (Å²) in [7, 11) is 0. The molecule has 1 heterocycles. The Balaban J connectivity index is 0.00000242. The number of ether oxygens (including phenoxy) is 1. The van der Waals surface area contributed by atoms with Crippen LogP contribution in [0.3, 0.4) is 0 Å². The highest BCUT2D eigenvalue weighted by molar-refractivity contribution is 6.32. The van der Waals surface area contributed by atoms with Crippen molar-refractivity contribution in [2.75, 3.05) is 19.7 Å². The first-order valence-electron chi connectivity index (χ1n) is 8.16. The maximum atomic E-state index is 6.38. The Morgan fingerprint density at radius 2 is 2.14 bits per heavy atom.